The van der Waals surface area contributed by atoms with Gasteiger partial charge in [0.2, 0.25) is 5.91 Å². The van der Waals surface area contributed by atoms with Gasteiger partial charge < -0.3 is 15.5 Å². The molecule has 0 aromatic heterocycles. The summed E-state index contributed by atoms with van der Waals surface area (Å²) in [5.74, 6) is 0.0270. The molecular formula is C25H25N3O2. The number of nitrogens with one attached hydrogen (secondary N) is 2. The zero-order chi connectivity index (χ0) is 20.9. The van der Waals surface area contributed by atoms with E-state index in [4.69, 9.17) is 0 Å². The van der Waals surface area contributed by atoms with Gasteiger partial charge in [-0.2, -0.15) is 0 Å². The highest BCUT2D eigenvalue weighted by molar-refractivity contribution is 5.98. The zero-order valence-corrected chi connectivity index (χ0v) is 17.0. The van der Waals surface area contributed by atoms with Gasteiger partial charge in [-0.25, -0.2) is 0 Å². The van der Waals surface area contributed by atoms with Crippen LogP contribution in [0.15, 0.2) is 78.9 Å². The van der Waals surface area contributed by atoms with E-state index in [2.05, 4.69) is 10.6 Å². The van der Waals surface area contributed by atoms with Gasteiger partial charge >= 0.3 is 0 Å². The van der Waals surface area contributed by atoms with Gasteiger partial charge in [-0.3, -0.25) is 9.59 Å². The number of hydrogen-bond donors (Lipinski definition) is 2. The van der Waals surface area contributed by atoms with Gasteiger partial charge in [-0.1, -0.05) is 48.0 Å². The van der Waals surface area contributed by atoms with Crippen LogP contribution in [0, 0.1) is 6.92 Å². The maximum absolute atomic E-state index is 13.1. The van der Waals surface area contributed by atoms with Crippen molar-refractivity contribution in [2.45, 2.75) is 25.8 Å². The van der Waals surface area contributed by atoms with Crippen LogP contribution in [0.2, 0.25) is 0 Å². The number of amides is 2. The van der Waals surface area contributed by atoms with Crippen LogP contribution in [-0.2, 0) is 9.59 Å². The second-order valence-corrected chi connectivity index (χ2v) is 7.54. The van der Waals surface area contributed by atoms with Gasteiger partial charge in [0.15, 0.2) is 0 Å². The number of carbonyl (C=O) groups is 2. The van der Waals surface area contributed by atoms with Crippen molar-refractivity contribution in [2.24, 2.45) is 0 Å². The number of aryl methyl sites for hydroxylation is 1. The SMILES string of the molecule is Cc1ccc(NC(=O)C(Nc2ccc(N3CCCC3=O)cc2)c2ccccc2)cc1. The predicted octanol–water partition coefficient (Wildman–Crippen LogP) is 4.91. The molecule has 2 N–H and O–H groups in total. The lowest BCUT2D eigenvalue weighted by molar-refractivity contribution is -0.117. The first kappa shape index (κ1) is 19.7. The highest BCUT2D eigenvalue weighted by atomic mass is 16.2. The average Bonchev–Trinajstić information content (AvgIpc) is 3.20. The van der Waals surface area contributed by atoms with Gasteiger partial charge in [-0.15, -0.1) is 0 Å². The third-order valence-corrected chi connectivity index (χ3v) is 5.28. The molecule has 5 nitrogen and oxygen atoms in total. The molecule has 0 aliphatic carbocycles. The smallest absolute Gasteiger partial charge is 0.251 e. The number of benzene rings is 3. The minimum Gasteiger partial charge on any atom is -0.370 e. The lowest BCUT2D eigenvalue weighted by atomic mass is 10.1. The van der Waals surface area contributed by atoms with Crippen molar-refractivity contribution in [2.75, 3.05) is 22.1 Å². The number of carbonyl (C=O) groups excluding carboxylic acids is 2. The number of anilines is 3. The molecule has 0 spiro atoms. The van der Waals surface area contributed by atoms with Gasteiger partial charge in [0.1, 0.15) is 6.04 Å². The molecule has 3 aromatic rings. The van der Waals surface area contributed by atoms with Crippen molar-refractivity contribution < 1.29 is 9.59 Å². The van der Waals surface area contributed by atoms with Crippen molar-refractivity contribution in [1.82, 2.24) is 0 Å². The Morgan fingerprint density at radius 2 is 1.57 bits per heavy atom. The van der Waals surface area contributed by atoms with E-state index in [0.29, 0.717) is 6.42 Å². The van der Waals surface area contributed by atoms with Crippen LogP contribution < -0.4 is 15.5 Å². The summed E-state index contributed by atoms with van der Waals surface area (Å²) >= 11 is 0. The number of hydrogen-bond acceptors (Lipinski definition) is 3. The Morgan fingerprint density at radius 1 is 0.900 bits per heavy atom. The van der Waals surface area contributed by atoms with E-state index in [1.54, 1.807) is 0 Å². The van der Waals surface area contributed by atoms with E-state index in [0.717, 1.165) is 41.2 Å². The van der Waals surface area contributed by atoms with Gasteiger partial charge in [0.05, 0.1) is 0 Å². The van der Waals surface area contributed by atoms with E-state index < -0.39 is 6.04 Å². The molecule has 30 heavy (non-hydrogen) atoms. The molecule has 4 rings (SSSR count). The van der Waals surface area contributed by atoms with E-state index in [9.17, 15) is 9.59 Å². The summed E-state index contributed by atoms with van der Waals surface area (Å²) in [6.07, 6.45) is 1.50. The second kappa shape index (κ2) is 8.82. The normalized spacial score (nSPS) is 14.4. The molecule has 152 valence electrons. The molecule has 0 bridgehead atoms. The zero-order valence-electron chi connectivity index (χ0n) is 17.0. The fourth-order valence-electron chi connectivity index (χ4n) is 3.62. The van der Waals surface area contributed by atoms with E-state index in [1.165, 1.54) is 0 Å². The Bertz CT molecular complexity index is 1010. The first-order valence-corrected chi connectivity index (χ1v) is 10.2. The molecule has 0 radical (unpaired) electrons. The van der Waals surface area contributed by atoms with Crippen molar-refractivity contribution in [3.8, 4) is 0 Å². The quantitative estimate of drug-likeness (QED) is 0.619. The molecule has 1 unspecified atom stereocenters. The Kier molecular flexibility index (Phi) is 5.80. The predicted molar refractivity (Wildman–Crippen MR) is 121 cm³/mol. The molecule has 1 heterocycles. The largest absolute Gasteiger partial charge is 0.370 e. The lowest BCUT2D eigenvalue weighted by Crippen LogP contribution is -2.27. The Labute approximate surface area is 176 Å². The monoisotopic (exact) mass is 399 g/mol. The molecule has 1 aliphatic heterocycles. The van der Waals surface area contributed by atoms with Crippen LogP contribution in [0.25, 0.3) is 0 Å². The van der Waals surface area contributed by atoms with Crippen molar-refractivity contribution >= 4 is 28.9 Å². The second-order valence-electron chi connectivity index (χ2n) is 7.54. The molecule has 1 atom stereocenters. The minimum atomic E-state index is -0.549. The maximum atomic E-state index is 13.1. The summed E-state index contributed by atoms with van der Waals surface area (Å²) in [5, 5.41) is 6.34. The van der Waals surface area contributed by atoms with E-state index >= 15 is 0 Å². The summed E-state index contributed by atoms with van der Waals surface area (Å²) < 4.78 is 0. The summed E-state index contributed by atoms with van der Waals surface area (Å²) in [6, 6.07) is 24.5. The number of nitrogens with zero attached hydrogens (tertiary/aromatic N) is 1. The maximum Gasteiger partial charge on any atom is 0.251 e. The molecule has 3 aromatic carbocycles. The van der Waals surface area contributed by atoms with Gasteiger partial charge in [-0.05, 0) is 55.3 Å². The van der Waals surface area contributed by atoms with Crippen LogP contribution in [0.1, 0.15) is 30.0 Å². The Morgan fingerprint density at radius 3 is 2.20 bits per heavy atom. The fourth-order valence-corrected chi connectivity index (χ4v) is 3.62. The van der Waals surface area contributed by atoms with Gasteiger partial charge in [0, 0.05) is 30.0 Å². The third kappa shape index (κ3) is 4.51. The van der Waals surface area contributed by atoms with Crippen LogP contribution in [0.3, 0.4) is 0 Å². The minimum absolute atomic E-state index is 0.135. The first-order chi connectivity index (χ1) is 14.6. The topological polar surface area (TPSA) is 61.4 Å². The Balaban J connectivity index is 1.53. The molecular weight excluding hydrogens is 374 g/mol. The van der Waals surface area contributed by atoms with Crippen LogP contribution >= 0.6 is 0 Å². The van der Waals surface area contributed by atoms with E-state index in [-0.39, 0.29) is 11.8 Å². The molecule has 5 heteroatoms. The molecule has 0 saturated carbocycles. The van der Waals surface area contributed by atoms with Crippen molar-refractivity contribution in [3.63, 3.8) is 0 Å². The Hall–Kier alpha value is -3.60. The summed E-state index contributed by atoms with van der Waals surface area (Å²) in [5.41, 5.74) is 4.49. The average molecular weight is 399 g/mol. The molecule has 1 aliphatic rings. The molecule has 1 fully saturated rings. The van der Waals surface area contributed by atoms with E-state index in [1.807, 2.05) is 90.7 Å². The highest BCUT2D eigenvalue weighted by Crippen LogP contribution is 2.26. The standard InChI is InChI=1S/C25H25N3O2/c1-18-9-11-21(12-10-18)27-25(30)24(19-6-3-2-4-7-19)26-20-13-15-22(16-14-20)28-17-5-8-23(28)29/h2-4,6-7,9-16,24,26H,5,8,17H2,1H3,(H,27,30). The van der Waals surface area contributed by atoms with Crippen LogP contribution in [0.4, 0.5) is 17.1 Å². The summed E-state index contributed by atoms with van der Waals surface area (Å²) in [7, 11) is 0. The van der Waals surface area contributed by atoms with Crippen molar-refractivity contribution in [1.29, 1.82) is 0 Å². The lowest BCUT2D eigenvalue weighted by Gasteiger charge is -2.21. The van der Waals surface area contributed by atoms with Crippen LogP contribution in [-0.4, -0.2) is 18.4 Å². The third-order valence-electron chi connectivity index (χ3n) is 5.28. The van der Waals surface area contributed by atoms with Crippen molar-refractivity contribution in [3.05, 3.63) is 90.0 Å². The van der Waals surface area contributed by atoms with Gasteiger partial charge in [0.25, 0.3) is 5.91 Å². The first-order valence-electron chi connectivity index (χ1n) is 10.2. The summed E-state index contributed by atoms with van der Waals surface area (Å²) in [4.78, 5) is 26.9. The summed E-state index contributed by atoms with van der Waals surface area (Å²) in [6.45, 7) is 2.77. The number of rotatable bonds is 6. The highest BCUT2D eigenvalue weighted by Gasteiger charge is 2.23. The molecule has 2 amide bonds. The molecule has 1 saturated heterocycles. The fraction of sp³-hybridized carbons (Fsp3) is 0.200. The van der Waals surface area contributed by atoms with Crippen LogP contribution in [0.5, 0.6) is 0 Å².